The third kappa shape index (κ3) is 3.83. The molecule has 1 amide bonds. The number of hydrogen-bond donors (Lipinski definition) is 2. The highest BCUT2D eigenvalue weighted by molar-refractivity contribution is 5.98. The fourth-order valence-electron chi connectivity index (χ4n) is 3.21. The molecule has 1 fully saturated rings. The first-order valence-electron chi connectivity index (χ1n) is 8.52. The van der Waals surface area contributed by atoms with Gasteiger partial charge >= 0.3 is 5.97 Å². The maximum absolute atomic E-state index is 14.6. The number of carbonyl (C=O) groups is 2. The third-order valence-corrected chi connectivity index (χ3v) is 4.82. The molecule has 0 atom stereocenters. The van der Waals surface area contributed by atoms with Gasteiger partial charge in [-0.2, -0.15) is 0 Å². The Morgan fingerprint density at radius 3 is 2.33 bits per heavy atom. The lowest BCUT2D eigenvalue weighted by molar-refractivity contribution is -0.148. The summed E-state index contributed by atoms with van der Waals surface area (Å²) in [5, 5.41) is 12.0. The molecule has 27 heavy (non-hydrogen) atoms. The van der Waals surface area contributed by atoms with E-state index in [1.54, 1.807) is 6.92 Å². The number of carbonyl (C=O) groups excluding carboxylic acids is 1. The van der Waals surface area contributed by atoms with Gasteiger partial charge in [0.25, 0.3) is 5.91 Å². The molecule has 0 bridgehead atoms. The third-order valence-electron chi connectivity index (χ3n) is 4.82. The topological polar surface area (TPSA) is 75.6 Å². The first-order chi connectivity index (χ1) is 12.8. The van der Waals surface area contributed by atoms with Crippen molar-refractivity contribution in [2.45, 2.75) is 25.3 Å². The molecule has 0 unspecified atom stereocenters. The highest BCUT2D eigenvalue weighted by Crippen LogP contribution is 2.28. The molecule has 2 aromatic rings. The molecular formula is C20H19F2NO4. The van der Waals surface area contributed by atoms with Crippen molar-refractivity contribution in [1.29, 1.82) is 0 Å². The van der Waals surface area contributed by atoms with Gasteiger partial charge in [0.15, 0.2) is 0 Å². The Morgan fingerprint density at radius 1 is 1.07 bits per heavy atom. The molecule has 1 aliphatic rings. The van der Waals surface area contributed by atoms with Gasteiger partial charge in [0, 0.05) is 37.2 Å². The predicted octanol–water partition coefficient (Wildman–Crippen LogP) is 3.30. The van der Waals surface area contributed by atoms with Crippen LogP contribution in [0.5, 0.6) is 0 Å². The number of halogens is 2. The second-order valence-electron chi connectivity index (χ2n) is 6.61. The lowest BCUT2D eigenvalue weighted by Crippen LogP contribution is -2.57. The van der Waals surface area contributed by atoms with Gasteiger partial charge in [-0.3, -0.25) is 4.79 Å². The number of hydrogen-bond acceptors (Lipinski definition) is 3. The van der Waals surface area contributed by atoms with Crippen molar-refractivity contribution in [2.24, 2.45) is 0 Å². The first kappa shape index (κ1) is 19.0. The minimum Gasteiger partial charge on any atom is -0.480 e. The van der Waals surface area contributed by atoms with Gasteiger partial charge in [0.1, 0.15) is 17.2 Å². The van der Waals surface area contributed by atoms with Crippen LogP contribution in [0, 0.1) is 18.6 Å². The summed E-state index contributed by atoms with van der Waals surface area (Å²) in [6.45, 7) is 2.12. The summed E-state index contributed by atoms with van der Waals surface area (Å²) in [5.74, 6) is -2.87. The Kier molecular flexibility index (Phi) is 5.23. The lowest BCUT2D eigenvalue weighted by atomic mass is 9.89. The normalized spacial score (nSPS) is 16.0. The largest absolute Gasteiger partial charge is 0.480 e. The summed E-state index contributed by atoms with van der Waals surface area (Å²) in [4.78, 5) is 24.1. The van der Waals surface area contributed by atoms with Gasteiger partial charge in [-0.1, -0.05) is 12.1 Å². The van der Waals surface area contributed by atoms with Gasteiger partial charge in [-0.15, -0.1) is 0 Å². The van der Waals surface area contributed by atoms with Gasteiger partial charge < -0.3 is 15.2 Å². The molecule has 7 heteroatoms. The van der Waals surface area contributed by atoms with Gasteiger partial charge in [0.05, 0.1) is 0 Å². The molecule has 142 valence electrons. The zero-order valence-corrected chi connectivity index (χ0v) is 14.7. The molecular weight excluding hydrogens is 356 g/mol. The van der Waals surface area contributed by atoms with E-state index < -0.39 is 29.0 Å². The summed E-state index contributed by atoms with van der Waals surface area (Å²) in [5.41, 5.74) is -0.0745. The molecule has 0 spiro atoms. The summed E-state index contributed by atoms with van der Waals surface area (Å²) >= 11 is 0. The Labute approximate surface area is 155 Å². The highest BCUT2D eigenvalue weighted by Gasteiger charge is 2.41. The van der Waals surface area contributed by atoms with Gasteiger partial charge in [0.2, 0.25) is 0 Å². The number of aryl methyl sites for hydroxylation is 1. The highest BCUT2D eigenvalue weighted by atomic mass is 19.1. The zero-order chi connectivity index (χ0) is 19.6. The monoisotopic (exact) mass is 375 g/mol. The second kappa shape index (κ2) is 7.44. The Hall–Kier alpha value is -2.80. The van der Waals surface area contributed by atoms with Crippen molar-refractivity contribution in [2.75, 3.05) is 13.2 Å². The minimum atomic E-state index is -1.42. The summed E-state index contributed by atoms with van der Waals surface area (Å²) in [6, 6.07) is 7.93. The number of carboxylic acids is 1. The quantitative estimate of drug-likeness (QED) is 0.860. The number of ether oxygens (including phenoxy) is 1. The van der Waals surface area contributed by atoms with Crippen molar-refractivity contribution < 1.29 is 28.2 Å². The molecule has 1 aliphatic heterocycles. The Morgan fingerprint density at radius 2 is 1.74 bits per heavy atom. The van der Waals surface area contributed by atoms with Gasteiger partial charge in [-0.05, 0) is 42.3 Å². The molecule has 0 saturated carbocycles. The van der Waals surface area contributed by atoms with Crippen LogP contribution in [-0.2, 0) is 9.53 Å². The molecule has 3 rings (SSSR count). The molecule has 2 aromatic carbocycles. The fraction of sp³-hybridized carbons (Fsp3) is 0.300. The molecule has 0 aliphatic carbocycles. The van der Waals surface area contributed by atoms with Crippen LogP contribution in [0.4, 0.5) is 8.78 Å². The van der Waals surface area contributed by atoms with Crippen LogP contribution in [0.25, 0.3) is 11.1 Å². The summed E-state index contributed by atoms with van der Waals surface area (Å²) in [6.07, 6.45) is 0.285. The van der Waals surface area contributed by atoms with E-state index in [2.05, 4.69) is 5.32 Å². The van der Waals surface area contributed by atoms with E-state index in [4.69, 9.17) is 4.74 Å². The number of rotatable bonds is 4. The van der Waals surface area contributed by atoms with E-state index in [-0.39, 0.29) is 37.2 Å². The molecule has 1 saturated heterocycles. The first-order valence-corrected chi connectivity index (χ1v) is 8.52. The van der Waals surface area contributed by atoms with Crippen LogP contribution < -0.4 is 5.32 Å². The number of aliphatic carboxylic acids is 1. The predicted molar refractivity (Wildman–Crippen MR) is 94.4 cm³/mol. The number of amides is 1. The van der Waals surface area contributed by atoms with Crippen LogP contribution in [0.2, 0.25) is 0 Å². The van der Waals surface area contributed by atoms with E-state index in [1.165, 1.54) is 30.3 Å². The maximum Gasteiger partial charge on any atom is 0.329 e. The SMILES string of the molecule is Cc1cc(F)ccc1-c1ccc(C(=O)NC2(C(=O)O)CCOCC2)cc1F. The number of carboxylic acid groups (broad SMARTS) is 1. The Bertz CT molecular complexity index is 892. The van der Waals surface area contributed by atoms with E-state index in [9.17, 15) is 23.5 Å². The van der Waals surface area contributed by atoms with E-state index in [0.29, 0.717) is 11.1 Å². The smallest absolute Gasteiger partial charge is 0.329 e. The molecule has 1 heterocycles. The van der Waals surface area contributed by atoms with Crippen LogP contribution >= 0.6 is 0 Å². The fourth-order valence-corrected chi connectivity index (χ4v) is 3.21. The molecule has 2 N–H and O–H groups in total. The summed E-state index contributed by atoms with van der Waals surface area (Å²) < 4.78 is 33.0. The lowest BCUT2D eigenvalue weighted by Gasteiger charge is -2.33. The average Bonchev–Trinajstić information content (AvgIpc) is 2.63. The van der Waals surface area contributed by atoms with E-state index in [1.807, 2.05) is 0 Å². The van der Waals surface area contributed by atoms with Crippen molar-refractivity contribution in [1.82, 2.24) is 5.32 Å². The zero-order valence-electron chi connectivity index (χ0n) is 14.7. The number of benzene rings is 2. The maximum atomic E-state index is 14.6. The number of nitrogens with one attached hydrogen (secondary N) is 1. The van der Waals surface area contributed by atoms with Crippen LogP contribution in [0.3, 0.4) is 0 Å². The molecule has 5 nitrogen and oxygen atoms in total. The van der Waals surface area contributed by atoms with Crippen molar-refractivity contribution in [3.05, 3.63) is 59.2 Å². The second-order valence-corrected chi connectivity index (χ2v) is 6.61. The minimum absolute atomic E-state index is 0.0168. The van der Waals surface area contributed by atoms with Crippen molar-refractivity contribution in [3.63, 3.8) is 0 Å². The van der Waals surface area contributed by atoms with Crippen LogP contribution in [0.1, 0.15) is 28.8 Å². The molecule has 0 radical (unpaired) electrons. The molecule has 0 aromatic heterocycles. The Balaban J connectivity index is 1.86. The average molecular weight is 375 g/mol. The van der Waals surface area contributed by atoms with Crippen LogP contribution in [0.15, 0.2) is 36.4 Å². The summed E-state index contributed by atoms with van der Waals surface area (Å²) in [7, 11) is 0. The standard InChI is InChI=1S/C20H19F2NO4/c1-12-10-14(21)3-5-15(12)16-4-2-13(11-17(16)22)18(24)23-20(19(25)26)6-8-27-9-7-20/h2-5,10-11H,6-9H2,1H3,(H,23,24)(H,25,26). The van der Waals surface area contributed by atoms with Crippen molar-refractivity contribution >= 4 is 11.9 Å². The van der Waals surface area contributed by atoms with Gasteiger partial charge in [-0.25, -0.2) is 13.6 Å². The van der Waals surface area contributed by atoms with Crippen molar-refractivity contribution in [3.8, 4) is 11.1 Å². The van der Waals surface area contributed by atoms with E-state index in [0.717, 1.165) is 6.07 Å². The van der Waals surface area contributed by atoms with E-state index >= 15 is 0 Å². The van der Waals surface area contributed by atoms with Crippen LogP contribution in [-0.4, -0.2) is 35.7 Å².